The quantitative estimate of drug-likeness (QED) is 0.0766. The van der Waals surface area contributed by atoms with E-state index in [-0.39, 0.29) is 105 Å². The predicted octanol–water partition coefficient (Wildman–Crippen LogP) is 18.3. The highest BCUT2D eigenvalue weighted by Gasteiger charge is 2.40. The number of hydrogen-bond donors (Lipinski definition) is 0. The molecule has 0 N–H and O–H groups in total. The van der Waals surface area contributed by atoms with E-state index in [0.717, 1.165) is 68.5 Å². The second-order valence-electron chi connectivity index (χ2n) is 35.1. The maximum atomic E-state index is 15.9. The molecule has 13 heterocycles. The zero-order valence-electron chi connectivity index (χ0n) is 76.2. The van der Waals surface area contributed by atoms with Crippen molar-refractivity contribution in [1.29, 1.82) is 0 Å². The van der Waals surface area contributed by atoms with Gasteiger partial charge < -0.3 is 34.1 Å². The molecule has 4 fully saturated rings. The van der Waals surface area contributed by atoms with Gasteiger partial charge in [0.1, 0.15) is 34.7 Å². The molecule has 3 amide bonds. The lowest BCUT2D eigenvalue weighted by atomic mass is 10.0. The summed E-state index contributed by atoms with van der Waals surface area (Å²) in [6.07, 6.45) is 13.1. The topological polar surface area (TPSA) is 275 Å². The van der Waals surface area contributed by atoms with Crippen molar-refractivity contribution in [2.45, 2.75) is 177 Å². The Bertz CT molecular complexity index is 6960. The van der Waals surface area contributed by atoms with Crippen molar-refractivity contribution in [3.63, 3.8) is 0 Å². The van der Waals surface area contributed by atoms with E-state index in [1.807, 2.05) is 168 Å². The summed E-state index contributed by atoms with van der Waals surface area (Å²) in [6.45, 7) is 43.1. The van der Waals surface area contributed by atoms with Crippen LogP contribution in [0.2, 0.25) is 15.1 Å². The summed E-state index contributed by atoms with van der Waals surface area (Å²) in [7, 11) is 1.63. The number of amides is 3. The van der Waals surface area contributed by atoms with Crippen molar-refractivity contribution in [3.05, 3.63) is 264 Å². The second kappa shape index (κ2) is 37.8. The van der Waals surface area contributed by atoms with Crippen LogP contribution in [0.15, 0.2) is 180 Å². The zero-order valence-corrected chi connectivity index (χ0v) is 78.4. The van der Waals surface area contributed by atoms with Crippen LogP contribution in [0.3, 0.4) is 0 Å². The molecule has 13 aromatic rings. The van der Waals surface area contributed by atoms with Crippen LogP contribution in [0.5, 0.6) is 5.75 Å². The van der Waals surface area contributed by atoms with Gasteiger partial charge in [0.15, 0.2) is 22.8 Å². The molecular formula is C100H104Cl3F2N19O7. The molecule has 3 aromatic carbocycles. The summed E-state index contributed by atoms with van der Waals surface area (Å²) in [5.74, 6) is 0.256. The largest absolute Gasteiger partial charge is 0.497 e. The van der Waals surface area contributed by atoms with Gasteiger partial charge in [-0.1, -0.05) is 126 Å². The number of carbonyl (C=O) groups is 3. The summed E-state index contributed by atoms with van der Waals surface area (Å²) in [4.78, 5) is 139. The minimum atomic E-state index is -0.823. The number of aryl methyl sites for hydroxylation is 3. The molecule has 131 heavy (non-hydrogen) atoms. The Hall–Kier alpha value is -13.1. The molecule has 31 heteroatoms. The minimum absolute atomic E-state index is 0.0187. The number of fused-ring (bicyclic) bond motifs is 4. The Morgan fingerprint density at radius 3 is 1.21 bits per heavy atom. The van der Waals surface area contributed by atoms with Crippen molar-refractivity contribution in [2.75, 3.05) is 61.1 Å². The van der Waals surface area contributed by atoms with Gasteiger partial charge in [-0.15, -0.1) is 0 Å². The summed E-state index contributed by atoms with van der Waals surface area (Å²) in [5, 5.41) is 4.32. The number of hydrogen-bond acceptors (Lipinski definition) is 20. The fourth-order valence-electron chi connectivity index (χ4n) is 18.1. The van der Waals surface area contributed by atoms with Crippen molar-refractivity contribution < 1.29 is 27.9 Å². The summed E-state index contributed by atoms with van der Waals surface area (Å²) >= 11 is 20.5. The highest BCUT2D eigenvalue weighted by molar-refractivity contribution is 6.35. The fourth-order valence-corrected chi connectivity index (χ4v) is 18.9. The molecular weight excluding hydrogens is 1720 g/mol. The van der Waals surface area contributed by atoms with Gasteiger partial charge in [-0.25, -0.2) is 51.8 Å². The van der Waals surface area contributed by atoms with Crippen LogP contribution < -0.4 is 36.5 Å². The molecule has 0 radical (unpaired) electrons. The lowest BCUT2D eigenvalue weighted by molar-refractivity contribution is -0.129. The standard InChI is InChI=1S/C36H37ClN6O3.C33H36ClN7O2.C31H31ClF2N6O2/c1-8-30(44)41-18-23(6)42(19-22(41)5)34-28-17-29(37)32(27-16-25(46-7)15-24-11-9-10-12-26(24)27)39-35(28)43(36(45)40-34)33-21(4)13-14-38-31(33)20(2)3;1-7-26(42)39-16-21(6)40(17-20(39)5)31-24-15-25(34)29(23-9-8-13-35-28(23)22-10-11-22)37-32(24)41(33(43)38-31)30-19(4)12-14-36-27(30)18(2)3;1-7-24(41)38-14-19(6)39(15-18(38)5)29-20-13-23(34)27(25-21(32)9-8-10-22(25)33)36-30(20)40(31(42)37-29)28-17(4)11-12-35-26(28)16(2)3/h8-17,20,22-23H,1,18-19H2,2-7H3;7-9,12-15,18,20-22H,1,10-11,16-17H2,2-6H3;7-13,16,18-19H,1,14-15H2,2-6H3. The van der Waals surface area contributed by atoms with Gasteiger partial charge in [0.2, 0.25) is 17.7 Å². The number of pyridine rings is 7. The molecule has 0 bridgehead atoms. The minimum Gasteiger partial charge on any atom is -0.497 e. The Morgan fingerprint density at radius 2 is 0.824 bits per heavy atom. The van der Waals surface area contributed by atoms with Gasteiger partial charge in [0, 0.05) is 117 Å². The highest BCUT2D eigenvalue weighted by Crippen LogP contribution is 2.47. The van der Waals surface area contributed by atoms with Crippen LogP contribution in [0.25, 0.3) is 94.7 Å². The van der Waals surface area contributed by atoms with Gasteiger partial charge in [-0.05, 0) is 211 Å². The predicted molar refractivity (Wildman–Crippen MR) is 515 cm³/mol. The van der Waals surface area contributed by atoms with Crippen molar-refractivity contribution in [2.24, 2.45) is 0 Å². The van der Waals surface area contributed by atoms with E-state index in [1.54, 1.807) is 61.8 Å². The van der Waals surface area contributed by atoms with E-state index < -0.39 is 28.7 Å². The van der Waals surface area contributed by atoms with Crippen LogP contribution in [0, 0.1) is 32.4 Å². The third kappa shape index (κ3) is 17.6. The van der Waals surface area contributed by atoms with Gasteiger partial charge >= 0.3 is 17.1 Å². The average Bonchev–Trinajstić information content (AvgIpc) is 1.11. The number of nitrogens with zero attached hydrogens (tertiary/aromatic N) is 19. The molecule has 6 unspecified atom stereocenters. The first kappa shape index (κ1) is 92.7. The monoisotopic (exact) mass is 1830 g/mol. The fraction of sp³-hybridized carbons (Fsp3) is 0.340. The van der Waals surface area contributed by atoms with E-state index >= 15 is 8.78 Å². The van der Waals surface area contributed by atoms with Crippen LogP contribution in [0.4, 0.5) is 26.2 Å². The van der Waals surface area contributed by atoms with Crippen molar-refractivity contribution in [1.82, 2.24) is 78.2 Å². The molecule has 0 spiro atoms. The first-order valence-corrected chi connectivity index (χ1v) is 45.0. The number of carbonyl (C=O) groups excluding carboxylic acids is 3. The molecule has 26 nitrogen and oxygen atoms in total. The number of piperazine rings is 3. The van der Waals surface area contributed by atoms with Crippen LogP contribution >= 0.6 is 34.8 Å². The van der Waals surface area contributed by atoms with Crippen molar-refractivity contribution >= 4 is 114 Å². The van der Waals surface area contributed by atoms with Crippen LogP contribution in [0.1, 0.15) is 159 Å². The highest BCUT2D eigenvalue weighted by atomic mass is 35.5. The van der Waals surface area contributed by atoms with Gasteiger partial charge in [0.05, 0.1) is 95.1 Å². The van der Waals surface area contributed by atoms with Crippen LogP contribution in [-0.2, 0) is 14.4 Å². The van der Waals surface area contributed by atoms with E-state index in [9.17, 15) is 28.8 Å². The Morgan fingerprint density at radius 1 is 0.427 bits per heavy atom. The molecule has 6 atom stereocenters. The van der Waals surface area contributed by atoms with Gasteiger partial charge in [-0.3, -0.25) is 34.3 Å². The molecule has 17 rings (SSSR count). The maximum Gasteiger partial charge on any atom is 0.355 e. The van der Waals surface area contributed by atoms with E-state index in [4.69, 9.17) is 54.5 Å². The molecule has 4 aliphatic rings. The van der Waals surface area contributed by atoms with Gasteiger partial charge in [-0.2, -0.15) is 15.0 Å². The zero-order chi connectivity index (χ0) is 93.9. The number of aromatic nitrogens is 13. The number of methoxy groups -OCH3 is 1. The van der Waals surface area contributed by atoms with E-state index in [1.165, 1.54) is 47.1 Å². The molecule has 3 aliphatic heterocycles. The Kier molecular flexibility index (Phi) is 26.7. The summed E-state index contributed by atoms with van der Waals surface area (Å²) in [6, 6.07) is 29.3. The third-order valence-corrected chi connectivity index (χ3v) is 25.8. The SMILES string of the molecule is C=CC(=O)N1CC(C)N(c2nc(=O)n(-c3c(C)ccnc3C(C)C)c3nc(-c4c(F)cccc4Cl)c(F)cc23)CC1C.C=CC(=O)N1CC(C)N(c2nc(=O)n(-c3c(C)ccnc3C(C)C)c3nc(-c4cc(OC)cc5ccccc45)c(Cl)cc23)CC1C.C=CC(=O)N1CC(C)N(c2nc(=O)n(-c3c(C)ccnc3C(C)C)c3nc(-c4cccnc4C4CC4)c(Cl)cc23)CC1C. The molecule has 10 aromatic heterocycles. The van der Waals surface area contributed by atoms with Crippen molar-refractivity contribution in [3.8, 4) is 56.6 Å². The molecule has 676 valence electrons. The smallest absolute Gasteiger partial charge is 0.355 e. The third-order valence-electron chi connectivity index (χ3n) is 24.9. The Labute approximate surface area is 773 Å². The number of halogens is 5. The lowest BCUT2D eigenvalue weighted by Crippen LogP contribution is -2.58. The number of benzene rings is 3. The number of rotatable bonds is 17. The normalized spacial score (nSPS) is 17.6. The molecule has 1 saturated carbocycles. The van der Waals surface area contributed by atoms with E-state index in [0.29, 0.717) is 129 Å². The molecule has 1 aliphatic carbocycles. The first-order valence-electron chi connectivity index (χ1n) is 43.9. The second-order valence-corrected chi connectivity index (χ2v) is 36.3. The Balaban J connectivity index is 0.000000151. The van der Waals surface area contributed by atoms with E-state index in [2.05, 4.69) is 78.3 Å². The number of anilines is 3. The number of ether oxygens (including phenoxy) is 1. The average molecular weight is 1830 g/mol. The summed E-state index contributed by atoms with van der Waals surface area (Å²) < 4.78 is 41.1. The first-order chi connectivity index (χ1) is 62.6. The molecule has 3 saturated heterocycles. The summed E-state index contributed by atoms with van der Waals surface area (Å²) in [5.41, 5.74) is 9.12. The van der Waals surface area contributed by atoms with Gasteiger partial charge in [0.25, 0.3) is 0 Å². The van der Waals surface area contributed by atoms with Crippen LogP contribution in [-0.4, -0.2) is 179 Å². The maximum absolute atomic E-state index is 15.9. The lowest BCUT2D eigenvalue weighted by Gasteiger charge is -2.44.